The van der Waals surface area contributed by atoms with Crippen LogP contribution in [0.25, 0.3) is 0 Å². The molecule has 0 fully saturated rings. The van der Waals surface area contributed by atoms with Crippen LogP contribution in [0.1, 0.15) is 34.1 Å². The third-order valence-electron chi connectivity index (χ3n) is 1.73. The summed E-state index contributed by atoms with van der Waals surface area (Å²) in [5.74, 6) is 0.239. The molecule has 0 radical (unpaired) electrons. The molecule has 0 bridgehead atoms. The zero-order valence-electron chi connectivity index (χ0n) is 9.18. The first-order valence-electron chi connectivity index (χ1n) is 5.05. The average molecular weight is 186 g/mol. The van der Waals surface area contributed by atoms with E-state index in [0.29, 0.717) is 6.04 Å². The van der Waals surface area contributed by atoms with E-state index in [9.17, 15) is 4.79 Å². The van der Waals surface area contributed by atoms with Crippen LogP contribution in [0, 0.1) is 5.92 Å². The van der Waals surface area contributed by atoms with Gasteiger partial charge < -0.3 is 10.6 Å². The Balaban J connectivity index is 3.21. The monoisotopic (exact) mass is 186 g/mol. The van der Waals surface area contributed by atoms with Gasteiger partial charge in [-0.2, -0.15) is 0 Å². The molecule has 3 heteroatoms. The lowest BCUT2D eigenvalue weighted by atomic mass is 10.2. The molecule has 13 heavy (non-hydrogen) atoms. The smallest absolute Gasteiger partial charge is 0.222 e. The SMILES string of the molecule is CC(C)NCCCNC(=O)C(C)C. The summed E-state index contributed by atoms with van der Waals surface area (Å²) in [6.07, 6.45) is 0.997. The van der Waals surface area contributed by atoms with Crippen molar-refractivity contribution in [2.75, 3.05) is 13.1 Å². The summed E-state index contributed by atoms with van der Waals surface area (Å²) in [4.78, 5) is 11.1. The maximum absolute atomic E-state index is 11.1. The predicted molar refractivity (Wildman–Crippen MR) is 55.6 cm³/mol. The minimum Gasteiger partial charge on any atom is -0.356 e. The molecule has 0 spiro atoms. The van der Waals surface area contributed by atoms with Crippen LogP contribution >= 0.6 is 0 Å². The molecule has 0 aromatic rings. The van der Waals surface area contributed by atoms with Crippen molar-refractivity contribution in [3.05, 3.63) is 0 Å². The van der Waals surface area contributed by atoms with Gasteiger partial charge in [0.25, 0.3) is 0 Å². The largest absolute Gasteiger partial charge is 0.356 e. The summed E-state index contributed by atoms with van der Waals surface area (Å²) in [5.41, 5.74) is 0. The van der Waals surface area contributed by atoms with Crippen LogP contribution in [0.4, 0.5) is 0 Å². The average Bonchev–Trinajstić information content (AvgIpc) is 2.02. The van der Waals surface area contributed by atoms with Crippen molar-refractivity contribution in [2.45, 2.75) is 40.2 Å². The molecule has 1 amide bonds. The molecule has 0 aliphatic heterocycles. The second kappa shape index (κ2) is 6.89. The molecule has 0 rings (SSSR count). The van der Waals surface area contributed by atoms with Crippen molar-refractivity contribution in [1.82, 2.24) is 10.6 Å². The highest BCUT2D eigenvalue weighted by Gasteiger charge is 2.04. The minimum atomic E-state index is 0.0954. The van der Waals surface area contributed by atoms with E-state index in [1.165, 1.54) is 0 Å². The first-order chi connectivity index (χ1) is 6.04. The van der Waals surface area contributed by atoms with E-state index in [1.54, 1.807) is 0 Å². The van der Waals surface area contributed by atoms with E-state index in [-0.39, 0.29) is 11.8 Å². The molecular formula is C10H22N2O. The highest BCUT2D eigenvalue weighted by Crippen LogP contribution is 1.90. The van der Waals surface area contributed by atoms with Gasteiger partial charge in [0.2, 0.25) is 5.91 Å². The Bertz CT molecular complexity index is 144. The fourth-order valence-corrected chi connectivity index (χ4v) is 0.895. The van der Waals surface area contributed by atoms with Crippen molar-refractivity contribution in [1.29, 1.82) is 0 Å². The topological polar surface area (TPSA) is 41.1 Å². The molecule has 0 atom stereocenters. The summed E-state index contributed by atoms with van der Waals surface area (Å²) in [5, 5.41) is 6.17. The number of carbonyl (C=O) groups excluding carboxylic acids is 1. The lowest BCUT2D eigenvalue weighted by Crippen LogP contribution is -2.31. The van der Waals surface area contributed by atoms with Gasteiger partial charge in [0.05, 0.1) is 0 Å². The third-order valence-corrected chi connectivity index (χ3v) is 1.73. The number of nitrogens with one attached hydrogen (secondary N) is 2. The molecule has 0 aliphatic carbocycles. The lowest BCUT2D eigenvalue weighted by molar-refractivity contribution is -0.123. The highest BCUT2D eigenvalue weighted by molar-refractivity contribution is 5.77. The van der Waals surface area contributed by atoms with Crippen LogP contribution in [0.2, 0.25) is 0 Å². The number of hydrogen-bond acceptors (Lipinski definition) is 2. The Morgan fingerprint density at radius 2 is 1.77 bits per heavy atom. The van der Waals surface area contributed by atoms with Crippen molar-refractivity contribution in [3.63, 3.8) is 0 Å². The Morgan fingerprint density at radius 1 is 1.15 bits per heavy atom. The summed E-state index contributed by atoms with van der Waals surface area (Å²) < 4.78 is 0. The number of rotatable bonds is 6. The number of carbonyl (C=O) groups is 1. The summed E-state index contributed by atoms with van der Waals surface area (Å²) in [6.45, 7) is 9.79. The van der Waals surface area contributed by atoms with Crippen molar-refractivity contribution in [3.8, 4) is 0 Å². The maximum atomic E-state index is 11.1. The molecule has 0 aromatic heterocycles. The standard InChI is InChI=1S/C10H22N2O/c1-8(2)10(13)12-7-5-6-11-9(3)4/h8-9,11H,5-7H2,1-4H3,(H,12,13). The maximum Gasteiger partial charge on any atom is 0.222 e. The highest BCUT2D eigenvalue weighted by atomic mass is 16.1. The second-order valence-corrected chi connectivity index (χ2v) is 3.91. The molecule has 0 saturated heterocycles. The van der Waals surface area contributed by atoms with Gasteiger partial charge in [0.15, 0.2) is 0 Å². The zero-order valence-corrected chi connectivity index (χ0v) is 9.18. The zero-order chi connectivity index (χ0) is 10.3. The molecule has 0 aliphatic rings. The Kier molecular flexibility index (Phi) is 6.59. The van der Waals surface area contributed by atoms with Gasteiger partial charge in [-0.15, -0.1) is 0 Å². The molecule has 3 nitrogen and oxygen atoms in total. The Labute approximate surface area is 81.3 Å². The van der Waals surface area contributed by atoms with Crippen LogP contribution in [0.15, 0.2) is 0 Å². The van der Waals surface area contributed by atoms with Crippen molar-refractivity contribution >= 4 is 5.91 Å². The molecule has 78 valence electrons. The number of hydrogen-bond donors (Lipinski definition) is 2. The first-order valence-corrected chi connectivity index (χ1v) is 5.05. The van der Waals surface area contributed by atoms with Crippen LogP contribution in [-0.4, -0.2) is 25.0 Å². The quantitative estimate of drug-likeness (QED) is 0.611. The Hall–Kier alpha value is -0.570. The van der Waals surface area contributed by atoms with E-state index in [1.807, 2.05) is 13.8 Å². The normalized spacial score (nSPS) is 10.9. The van der Waals surface area contributed by atoms with Gasteiger partial charge in [0, 0.05) is 18.5 Å². The van der Waals surface area contributed by atoms with Gasteiger partial charge in [0.1, 0.15) is 0 Å². The van der Waals surface area contributed by atoms with Gasteiger partial charge >= 0.3 is 0 Å². The first kappa shape index (κ1) is 12.4. The lowest BCUT2D eigenvalue weighted by Gasteiger charge is -2.09. The molecule has 0 saturated carbocycles. The minimum absolute atomic E-state index is 0.0954. The molecule has 2 N–H and O–H groups in total. The summed E-state index contributed by atoms with van der Waals surface area (Å²) in [6, 6.07) is 0.529. The van der Waals surface area contributed by atoms with E-state index in [0.717, 1.165) is 19.5 Å². The van der Waals surface area contributed by atoms with Gasteiger partial charge in [-0.3, -0.25) is 4.79 Å². The van der Waals surface area contributed by atoms with Crippen LogP contribution in [-0.2, 0) is 4.79 Å². The van der Waals surface area contributed by atoms with E-state index < -0.39 is 0 Å². The molecular weight excluding hydrogens is 164 g/mol. The fourth-order valence-electron chi connectivity index (χ4n) is 0.895. The summed E-state index contributed by atoms with van der Waals surface area (Å²) >= 11 is 0. The van der Waals surface area contributed by atoms with Crippen molar-refractivity contribution in [2.24, 2.45) is 5.92 Å². The van der Waals surface area contributed by atoms with Crippen molar-refractivity contribution < 1.29 is 4.79 Å². The van der Waals surface area contributed by atoms with E-state index >= 15 is 0 Å². The van der Waals surface area contributed by atoms with Gasteiger partial charge in [-0.25, -0.2) is 0 Å². The summed E-state index contributed by atoms with van der Waals surface area (Å²) in [7, 11) is 0. The van der Waals surface area contributed by atoms with Crippen LogP contribution < -0.4 is 10.6 Å². The van der Waals surface area contributed by atoms with E-state index in [2.05, 4.69) is 24.5 Å². The predicted octanol–water partition coefficient (Wildman–Crippen LogP) is 1.15. The molecule has 0 heterocycles. The van der Waals surface area contributed by atoms with Gasteiger partial charge in [-0.05, 0) is 13.0 Å². The third kappa shape index (κ3) is 7.78. The second-order valence-electron chi connectivity index (χ2n) is 3.91. The van der Waals surface area contributed by atoms with Gasteiger partial charge in [-0.1, -0.05) is 27.7 Å². The van der Waals surface area contributed by atoms with Crippen LogP contribution in [0.5, 0.6) is 0 Å². The molecule has 0 unspecified atom stereocenters. The number of amides is 1. The Morgan fingerprint density at radius 3 is 2.23 bits per heavy atom. The van der Waals surface area contributed by atoms with Crippen LogP contribution in [0.3, 0.4) is 0 Å². The van der Waals surface area contributed by atoms with E-state index in [4.69, 9.17) is 0 Å². The molecule has 0 aromatic carbocycles. The fraction of sp³-hybridized carbons (Fsp3) is 0.900.